The van der Waals surface area contributed by atoms with E-state index >= 15 is 0 Å². The van der Waals surface area contributed by atoms with Gasteiger partial charge in [0.1, 0.15) is 47.8 Å². The number of hydrogen-bond donors (Lipinski definition) is 0. The smallest absolute Gasteiger partial charge is 0.237 e. The third-order valence-electron chi connectivity index (χ3n) is 6.33. The Bertz CT molecular complexity index is 2400. The van der Waals surface area contributed by atoms with E-state index in [1.807, 2.05) is 0 Å². The second-order valence-corrected chi connectivity index (χ2v) is 9.18. The van der Waals surface area contributed by atoms with Crippen LogP contribution in [0.4, 0.5) is 52.7 Å². The lowest BCUT2D eigenvalue weighted by Gasteiger charge is -2.16. The fourth-order valence-corrected chi connectivity index (χ4v) is 4.38. The minimum atomic E-state index is -5.77. The SMILES string of the molecule is N#C/C(c1cc(C(F)(F)F)nc(C(F)(F)F)c1C#N)=c1/cc(C#N)/c(=C(\C#N)c2cc(C(F)(F)F)nc(C(F)(F)F)c2C#N)c(C#N)c1C#N. The molecule has 2 heterocycles. The monoisotopic (exact) mass is 705 g/mol. The lowest BCUT2D eigenvalue weighted by Crippen LogP contribution is -2.27. The van der Waals surface area contributed by atoms with E-state index in [1.165, 1.54) is 18.2 Å². The molecule has 0 aliphatic rings. The zero-order valence-electron chi connectivity index (χ0n) is 23.3. The predicted octanol–water partition coefficient (Wildman–Crippen LogP) is 5.36. The van der Waals surface area contributed by atoms with E-state index in [0.717, 1.165) is 24.3 Å². The average Bonchev–Trinajstić information content (AvgIpc) is 3.02. The topological polar surface area (TPSA) is 192 Å². The first kappa shape index (κ1) is 37.3. The molecule has 0 aliphatic heterocycles. The maximum Gasteiger partial charge on any atom is 0.434 e. The Kier molecular flexibility index (Phi) is 9.55. The molecule has 50 heavy (non-hydrogen) atoms. The zero-order chi connectivity index (χ0) is 38.1. The van der Waals surface area contributed by atoms with Crippen LogP contribution < -0.4 is 10.4 Å². The van der Waals surface area contributed by atoms with E-state index < -0.39 is 108 Å². The van der Waals surface area contributed by atoms with Crippen LogP contribution >= 0.6 is 0 Å². The summed E-state index contributed by atoms with van der Waals surface area (Å²) in [5.41, 5.74) is -22.5. The van der Waals surface area contributed by atoms with E-state index in [2.05, 4.69) is 9.97 Å². The van der Waals surface area contributed by atoms with Gasteiger partial charge in [0, 0.05) is 21.6 Å². The third kappa shape index (κ3) is 6.64. The van der Waals surface area contributed by atoms with Gasteiger partial charge in [0.05, 0.1) is 45.0 Å². The van der Waals surface area contributed by atoms with Crippen molar-refractivity contribution in [2.45, 2.75) is 24.7 Å². The van der Waals surface area contributed by atoms with Gasteiger partial charge in [-0.15, -0.1) is 0 Å². The lowest BCUT2D eigenvalue weighted by atomic mass is 9.88. The molecule has 3 rings (SSSR count). The molecular formula is C29H3F12N9. The summed E-state index contributed by atoms with van der Waals surface area (Å²) in [6, 6.07) is 7.80. The largest absolute Gasteiger partial charge is 0.434 e. The van der Waals surface area contributed by atoms with Crippen LogP contribution in [0.2, 0.25) is 0 Å². The number of halogens is 12. The molecule has 0 fully saturated rings. The van der Waals surface area contributed by atoms with Crippen LogP contribution in [-0.2, 0) is 24.7 Å². The molecule has 0 bridgehead atoms. The van der Waals surface area contributed by atoms with Gasteiger partial charge in [-0.1, -0.05) is 0 Å². The van der Waals surface area contributed by atoms with Crippen LogP contribution in [0.5, 0.6) is 0 Å². The Morgan fingerprint density at radius 3 is 1.14 bits per heavy atom. The van der Waals surface area contributed by atoms with E-state index in [9.17, 15) is 89.5 Å². The maximum absolute atomic E-state index is 13.7. The highest BCUT2D eigenvalue weighted by Crippen LogP contribution is 2.39. The van der Waals surface area contributed by atoms with Crippen molar-refractivity contribution in [1.82, 2.24) is 9.97 Å². The molecular weight excluding hydrogens is 702 g/mol. The Labute approximate surface area is 268 Å². The number of nitrogens with zero attached hydrogens (tertiary/aromatic N) is 9. The molecule has 0 amide bonds. The van der Waals surface area contributed by atoms with Crippen LogP contribution in [0.1, 0.15) is 61.7 Å². The Hall–Kier alpha value is -7.15. The quantitative estimate of drug-likeness (QED) is 0.316. The Morgan fingerprint density at radius 2 is 0.840 bits per heavy atom. The van der Waals surface area contributed by atoms with E-state index in [-0.39, 0.29) is 12.1 Å². The molecule has 0 unspecified atom stereocenters. The number of pyridine rings is 2. The summed E-state index contributed by atoms with van der Waals surface area (Å²) in [6.45, 7) is 0. The molecule has 248 valence electrons. The second-order valence-electron chi connectivity index (χ2n) is 9.18. The summed E-state index contributed by atoms with van der Waals surface area (Å²) in [5.74, 6) is 0. The van der Waals surface area contributed by atoms with Crippen LogP contribution in [0.3, 0.4) is 0 Å². The van der Waals surface area contributed by atoms with Crippen molar-refractivity contribution in [3.05, 3.63) is 90.4 Å². The Morgan fingerprint density at radius 1 is 0.460 bits per heavy atom. The lowest BCUT2D eigenvalue weighted by molar-refractivity contribution is -0.151. The number of benzene rings is 1. The highest BCUT2D eigenvalue weighted by Gasteiger charge is 2.44. The summed E-state index contributed by atoms with van der Waals surface area (Å²) in [7, 11) is 0. The maximum atomic E-state index is 13.7. The van der Waals surface area contributed by atoms with Gasteiger partial charge < -0.3 is 0 Å². The highest BCUT2D eigenvalue weighted by molar-refractivity contribution is 5.85. The number of nitriles is 7. The number of aromatic nitrogens is 2. The summed E-state index contributed by atoms with van der Waals surface area (Å²) in [6.07, 6.45) is -22.8. The van der Waals surface area contributed by atoms with Crippen LogP contribution in [0, 0.1) is 79.3 Å². The fraction of sp³-hybridized carbons (Fsp3) is 0.138. The van der Waals surface area contributed by atoms with Gasteiger partial charge in [-0.3, -0.25) is 0 Å². The van der Waals surface area contributed by atoms with Crippen molar-refractivity contribution < 1.29 is 52.7 Å². The standard InChI is InChI=1S/C29H3F12N9/c30-26(31,32)21-2-13(19(9-47)24(49-21)28(36,37)38)15(5-43)12-1-11(4-42)23(18(8-46)16(12)6-44)17(7-45)14-3-22(27(33,34)35)50-25(20(14)10-48)29(39,40)41/h1-3H/b15-12+,23-17-. The number of hydrogen-bond acceptors (Lipinski definition) is 9. The van der Waals surface area contributed by atoms with Gasteiger partial charge in [-0.25, -0.2) is 9.97 Å². The normalized spacial score (nSPS) is 12.9. The van der Waals surface area contributed by atoms with Crippen molar-refractivity contribution in [2.24, 2.45) is 0 Å². The molecule has 0 saturated heterocycles. The molecule has 0 atom stereocenters. The van der Waals surface area contributed by atoms with Crippen molar-refractivity contribution in [3.63, 3.8) is 0 Å². The Balaban J connectivity index is 2.85. The number of alkyl halides is 12. The first-order chi connectivity index (χ1) is 23.0. The molecule has 2 aromatic heterocycles. The molecule has 0 saturated carbocycles. The van der Waals surface area contributed by atoms with E-state index in [0.29, 0.717) is 6.07 Å². The minimum Gasteiger partial charge on any atom is -0.237 e. The first-order valence-electron chi connectivity index (χ1n) is 12.2. The van der Waals surface area contributed by atoms with Crippen LogP contribution in [-0.4, -0.2) is 9.97 Å². The summed E-state index contributed by atoms with van der Waals surface area (Å²) in [5, 5.41) is 66.2. The average molecular weight is 705 g/mol. The van der Waals surface area contributed by atoms with Gasteiger partial charge in [-0.2, -0.15) is 89.5 Å². The molecule has 0 radical (unpaired) electrons. The van der Waals surface area contributed by atoms with Gasteiger partial charge in [0.25, 0.3) is 0 Å². The molecule has 21 heteroatoms. The van der Waals surface area contributed by atoms with Crippen molar-refractivity contribution in [3.8, 4) is 42.5 Å². The molecule has 1 aromatic carbocycles. The predicted molar refractivity (Wildman–Crippen MR) is 134 cm³/mol. The second kappa shape index (κ2) is 12.8. The third-order valence-corrected chi connectivity index (χ3v) is 6.33. The zero-order valence-corrected chi connectivity index (χ0v) is 23.3. The summed E-state index contributed by atoms with van der Waals surface area (Å²) < 4.78 is 164. The molecule has 0 spiro atoms. The molecule has 9 nitrogen and oxygen atoms in total. The highest BCUT2D eigenvalue weighted by atomic mass is 19.4. The minimum absolute atomic E-state index is 0.195. The molecule has 3 aromatic rings. The van der Waals surface area contributed by atoms with E-state index in [4.69, 9.17) is 0 Å². The summed E-state index contributed by atoms with van der Waals surface area (Å²) >= 11 is 0. The molecule has 0 N–H and O–H groups in total. The van der Waals surface area contributed by atoms with Gasteiger partial charge in [0.15, 0.2) is 11.4 Å². The van der Waals surface area contributed by atoms with Crippen LogP contribution in [0.15, 0.2) is 18.2 Å². The van der Waals surface area contributed by atoms with Crippen molar-refractivity contribution in [2.75, 3.05) is 0 Å². The van der Waals surface area contributed by atoms with Gasteiger partial charge in [-0.05, 0) is 18.2 Å². The van der Waals surface area contributed by atoms with Gasteiger partial charge >= 0.3 is 24.7 Å². The summed E-state index contributed by atoms with van der Waals surface area (Å²) in [4.78, 5) is 4.83. The van der Waals surface area contributed by atoms with Crippen molar-refractivity contribution in [1.29, 1.82) is 36.8 Å². The van der Waals surface area contributed by atoms with Crippen molar-refractivity contribution >= 4 is 11.1 Å². The van der Waals surface area contributed by atoms with Gasteiger partial charge in [0.2, 0.25) is 0 Å². The van der Waals surface area contributed by atoms with E-state index in [1.54, 1.807) is 0 Å². The fourth-order valence-electron chi connectivity index (χ4n) is 4.38. The molecule has 0 aliphatic carbocycles. The number of rotatable bonds is 2. The van der Waals surface area contributed by atoms with Crippen LogP contribution in [0.25, 0.3) is 11.1 Å². The first-order valence-corrected chi connectivity index (χ1v) is 12.2.